The van der Waals surface area contributed by atoms with E-state index in [2.05, 4.69) is 15.3 Å². The molecule has 1 amide bonds. The van der Waals surface area contributed by atoms with Crippen LogP contribution in [0.4, 0.5) is 26.1 Å². The second-order valence-electron chi connectivity index (χ2n) is 4.24. The van der Waals surface area contributed by atoms with E-state index in [-0.39, 0.29) is 23.3 Å². The molecule has 2 rings (SSSR count). The molecule has 0 fully saturated rings. The van der Waals surface area contributed by atoms with Crippen LogP contribution in [0, 0.1) is 0 Å². The van der Waals surface area contributed by atoms with E-state index < -0.39 is 5.76 Å². The number of nitrogens with two attached hydrogens (primary N) is 2. The van der Waals surface area contributed by atoms with Gasteiger partial charge >= 0.3 is 0 Å². The first-order valence-corrected chi connectivity index (χ1v) is 8.16. The smallest absolute Gasteiger partial charge is 0.288 e. The van der Waals surface area contributed by atoms with Crippen molar-refractivity contribution in [2.24, 2.45) is 0 Å². The lowest BCUT2D eigenvalue weighted by Crippen LogP contribution is -2.14. The molecule has 0 saturated heterocycles. The zero-order valence-electron chi connectivity index (χ0n) is 11.7. The van der Waals surface area contributed by atoms with Crippen LogP contribution in [0.25, 0.3) is 0 Å². The average molecular weight is 357 g/mol. The van der Waals surface area contributed by atoms with E-state index in [0.717, 1.165) is 11.8 Å². The maximum Gasteiger partial charge on any atom is 0.288 e. The Morgan fingerprint density at radius 1 is 1.17 bits per heavy atom. The fraction of sp³-hybridized carbons (Fsp3) is 0.154. The average Bonchev–Trinajstić information content (AvgIpc) is 2.46. The van der Waals surface area contributed by atoms with Crippen molar-refractivity contribution in [3.63, 3.8) is 0 Å². The number of halogens is 2. The van der Waals surface area contributed by atoms with Gasteiger partial charge in [0.05, 0.1) is 5.75 Å². The summed E-state index contributed by atoms with van der Waals surface area (Å²) in [6.07, 6.45) is 0. The van der Waals surface area contributed by atoms with Gasteiger partial charge in [-0.15, -0.1) is 0 Å². The van der Waals surface area contributed by atoms with Gasteiger partial charge in [0.15, 0.2) is 5.16 Å². The van der Waals surface area contributed by atoms with Gasteiger partial charge in [-0.05, 0) is 24.3 Å². The fourth-order valence-electron chi connectivity index (χ4n) is 1.57. The molecular formula is C13H13F2N5OS2. The van der Waals surface area contributed by atoms with E-state index in [1.54, 1.807) is 12.1 Å². The van der Waals surface area contributed by atoms with Gasteiger partial charge in [0.25, 0.3) is 5.76 Å². The quantitative estimate of drug-likeness (QED) is 0.539. The summed E-state index contributed by atoms with van der Waals surface area (Å²) in [5.74, 6) is -2.23. The van der Waals surface area contributed by atoms with Crippen molar-refractivity contribution in [2.75, 3.05) is 22.5 Å². The number of aromatic nitrogens is 2. The molecule has 0 radical (unpaired) electrons. The second-order valence-corrected chi connectivity index (χ2v) is 6.25. The molecule has 1 aromatic carbocycles. The molecule has 5 N–H and O–H groups in total. The molecule has 6 nitrogen and oxygen atoms in total. The van der Waals surface area contributed by atoms with Crippen molar-refractivity contribution < 1.29 is 13.6 Å². The molecule has 2 aromatic rings. The highest BCUT2D eigenvalue weighted by atomic mass is 32.2. The van der Waals surface area contributed by atoms with Gasteiger partial charge in [-0.1, -0.05) is 23.5 Å². The van der Waals surface area contributed by atoms with E-state index in [1.807, 2.05) is 0 Å². The monoisotopic (exact) mass is 357 g/mol. The minimum atomic E-state index is -2.47. The molecule has 0 atom stereocenters. The number of amides is 1. The van der Waals surface area contributed by atoms with E-state index in [0.29, 0.717) is 27.5 Å². The Balaban J connectivity index is 1.87. The standard InChI is InChI=1S/C13H13F2N5OS2/c14-12(15)23-8-3-1-7(2-4-8)18-11(21)6-22-13-19-9(16)5-10(17)20-13/h1-5,12H,6H2,(H,18,21)(H4,16,17,19,20). The van der Waals surface area contributed by atoms with Crippen LogP contribution < -0.4 is 16.8 Å². The van der Waals surface area contributed by atoms with Crippen molar-refractivity contribution in [1.29, 1.82) is 0 Å². The third kappa shape index (κ3) is 5.91. The Hall–Kier alpha value is -2.07. The summed E-state index contributed by atoms with van der Waals surface area (Å²) >= 11 is 1.54. The molecule has 10 heteroatoms. The molecule has 0 saturated carbocycles. The minimum Gasteiger partial charge on any atom is -0.383 e. The molecule has 1 heterocycles. The number of nitrogens with zero attached hydrogens (tertiary/aromatic N) is 2. The SMILES string of the molecule is Nc1cc(N)nc(SCC(=O)Nc2ccc(SC(F)F)cc2)n1. The Morgan fingerprint density at radius 2 is 1.78 bits per heavy atom. The molecule has 122 valence electrons. The van der Waals surface area contributed by atoms with Crippen LogP contribution in [0.15, 0.2) is 40.4 Å². The van der Waals surface area contributed by atoms with Gasteiger partial charge in [0.1, 0.15) is 11.6 Å². The number of rotatable bonds is 6. The zero-order chi connectivity index (χ0) is 16.8. The first-order chi connectivity index (χ1) is 10.9. The Bertz CT molecular complexity index is 664. The molecule has 0 spiro atoms. The van der Waals surface area contributed by atoms with Crippen molar-refractivity contribution in [2.45, 2.75) is 15.8 Å². The highest BCUT2D eigenvalue weighted by Crippen LogP contribution is 2.26. The van der Waals surface area contributed by atoms with Gasteiger partial charge in [-0.3, -0.25) is 4.79 Å². The third-order valence-corrected chi connectivity index (χ3v) is 4.01. The second kappa shape index (κ2) is 7.97. The number of alkyl halides is 2. The number of nitrogen functional groups attached to an aromatic ring is 2. The molecule has 0 bridgehead atoms. The maximum atomic E-state index is 12.2. The summed E-state index contributed by atoms with van der Waals surface area (Å²) in [6, 6.07) is 7.57. The van der Waals surface area contributed by atoms with Crippen LogP contribution >= 0.6 is 23.5 Å². The molecule has 23 heavy (non-hydrogen) atoms. The van der Waals surface area contributed by atoms with Gasteiger partial charge in [0.2, 0.25) is 5.91 Å². The highest BCUT2D eigenvalue weighted by Gasteiger charge is 2.08. The topological polar surface area (TPSA) is 107 Å². The molecular weight excluding hydrogens is 344 g/mol. The maximum absolute atomic E-state index is 12.2. The summed E-state index contributed by atoms with van der Waals surface area (Å²) < 4.78 is 24.4. The van der Waals surface area contributed by atoms with Crippen LogP contribution in [0.2, 0.25) is 0 Å². The number of carbonyl (C=O) groups is 1. The lowest BCUT2D eigenvalue weighted by Gasteiger charge is -2.06. The molecule has 0 aliphatic rings. The van der Waals surface area contributed by atoms with Crippen LogP contribution in [0.5, 0.6) is 0 Å². The van der Waals surface area contributed by atoms with Crippen LogP contribution in [0.1, 0.15) is 0 Å². The summed E-state index contributed by atoms with van der Waals surface area (Å²) in [6.45, 7) is 0. The predicted octanol–water partition coefficient (Wildman–Crippen LogP) is 2.69. The number of anilines is 3. The summed E-state index contributed by atoms with van der Waals surface area (Å²) in [5.41, 5.74) is 11.6. The Kier molecular flexibility index (Phi) is 5.99. The van der Waals surface area contributed by atoms with Gasteiger partial charge < -0.3 is 16.8 Å². The van der Waals surface area contributed by atoms with Crippen molar-refractivity contribution in [1.82, 2.24) is 9.97 Å². The number of carbonyl (C=O) groups excluding carboxylic acids is 1. The fourth-order valence-corrected chi connectivity index (χ4v) is 2.74. The predicted molar refractivity (Wildman–Crippen MR) is 88.5 cm³/mol. The molecule has 0 unspecified atom stereocenters. The summed E-state index contributed by atoms with van der Waals surface area (Å²) in [7, 11) is 0. The van der Waals surface area contributed by atoms with Gasteiger partial charge in [-0.2, -0.15) is 8.78 Å². The van der Waals surface area contributed by atoms with Crippen LogP contribution in [0.3, 0.4) is 0 Å². The first-order valence-electron chi connectivity index (χ1n) is 6.30. The van der Waals surface area contributed by atoms with Gasteiger partial charge in [0, 0.05) is 16.6 Å². The number of benzene rings is 1. The molecule has 1 aromatic heterocycles. The summed E-state index contributed by atoms with van der Waals surface area (Å²) in [4.78, 5) is 20.2. The van der Waals surface area contributed by atoms with E-state index in [9.17, 15) is 13.6 Å². The Morgan fingerprint density at radius 3 is 2.35 bits per heavy atom. The first kappa shape index (κ1) is 17.3. The lowest BCUT2D eigenvalue weighted by atomic mass is 10.3. The number of hydrogen-bond acceptors (Lipinski definition) is 7. The highest BCUT2D eigenvalue weighted by molar-refractivity contribution is 8.00. The zero-order valence-corrected chi connectivity index (χ0v) is 13.3. The van der Waals surface area contributed by atoms with Crippen molar-refractivity contribution >= 4 is 46.8 Å². The van der Waals surface area contributed by atoms with Crippen LogP contribution in [-0.4, -0.2) is 27.4 Å². The normalized spacial score (nSPS) is 10.7. The number of thioether (sulfide) groups is 2. The van der Waals surface area contributed by atoms with Crippen molar-refractivity contribution in [3.05, 3.63) is 30.3 Å². The largest absolute Gasteiger partial charge is 0.383 e. The third-order valence-electron chi connectivity index (χ3n) is 2.44. The van der Waals surface area contributed by atoms with E-state index >= 15 is 0 Å². The molecule has 0 aliphatic heterocycles. The Labute approximate surface area is 139 Å². The van der Waals surface area contributed by atoms with Gasteiger partial charge in [-0.25, -0.2) is 9.97 Å². The van der Waals surface area contributed by atoms with E-state index in [4.69, 9.17) is 11.5 Å². The van der Waals surface area contributed by atoms with Crippen LogP contribution in [-0.2, 0) is 4.79 Å². The summed E-state index contributed by atoms with van der Waals surface area (Å²) in [5, 5.41) is 2.95. The molecule has 0 aliphatic carbocycles. The number of hydrogen-bond donors (Lipinski definition) is 3. The van der Waals surface area contributed by atoms with E-state index in [1.165, 1.54) is 18.2 Å². The number of nitrogens with one attached hydrogen (secondary N) is 1. The minimum absolute atomic E-state index is 0.0659. The lowest BCUT2D eigenvalue weighted by molar-refractivity contribution is -0.113. The van der Waals surface area contributed by atoms with Crippen molar-refractivity contribution in [3.8, 4) is 0 Å².